The Morgan fingerprint density at radius 1 is 1.40 bits per heavy atom. The number of hydrogen-bond donors (Lipinski definition) is 1. The van der Waals surface area contributed by atoms with Gasteiger partial charge in [0.2, 0.25) is 0 Å². The molecule has 0 saturated heterocycles. The van der Waals surface area contributed by atoms with E-state index in [2.05, 4.69) is 0 Å². The van der Waals surface area contributed by atoms with Crippen LogP contribution in [0.2, 0.25) is 0 Å². The highest BCUT2D eigenvalue weighted by molar-refractivity contribution is 7.19. The van der Waals surface area contributed by atoms with Crippen LogP contribution in [0.4, 0.5) is 4.39 Å². The molecule has 0 amide bonds. The summed E-state index contributed by atoms with van der Waals surface area (Å²) in [7, 11) is 0. The first-order chi connectivity index (χ1) is 7.29. The molecule has 0 radical (unpaired) electrons. The lowest BCUT2D eigenvalue weighted by Gasteiger charge is -1.99. The number of halogens is 1. The molecule has 2 aromatic rings. The molecule has 1 aliphatic rings. The maximum Gasteiger partial charge on any atom is 0.123 e. The zero-order valence-corrected chi connectivity index (χ0v) is 9.11. The van der Waals surface area contributed by atoms with E-state index in [1.807, 2.05) is 6.07 Å². The molecule has 0 aliphatic heterocycles. The average molecular weight is 221 g/mol. The van der Waals surface area contributed by atoms with E-state index < -0.39 is 0 Å². The van der Waals surface area contributed by atoms with Crippen molar-refractivity contribution in [2.75, 3.05) is 0 Å². The van der Waals surface area contributed by atoms with Crippen LogP contribution in [-0.4, -0.2) is 0 Å². The molecule has 0 bridgehead atoms. The Labute approximate surface area is 91.7 Å². The van der Waals surface area contributed by atoms with E-state index >= 15 is 0 Å². The highest BCUT2D eigenvalue weighted by atomic mass is 32.1. The number of nitrogens with two attached hydrogens (primary N) is 1. The van der Waals surface area contributed by atoms with Gasteiger partial charge in [0.25, 0.3) is 0 Å². The van der Waals surface area contributed by atoms with Crippen LogP contribution in [0, 0.1) is 5.82 Å². The third-order valence-corrected chi connectivity index (χ3v) is 4.15. The largest absolute Gasteiger partial charge is 0.326 e. The summed E-state index contributed by atoms with van der Waals surface area (Å²) in [5.41, 5.74) is 7.05. The SMILES string of the molecule is NCc1sc2ccc(F)cc2c1C1CC1. The van der Waals surface area contributed by atoms with Gasteiger partial charge in [-0.15, -0.1) is 11.3 Å². The summed E-state index contributed by atoms with van der Waals surface area (Å²) in [5.74, 6) is 0.491. The fourth-order valence-corrected chi connectivity index (χ4v) is 3.26. The Balaban J connectivity index is 2.30. The van der Waals surface area contributed by atoms with E-state index in [9.17, 15) is 4.39 Å². The Morgan fingerprint density at radius 2 is 2.20 bits per heavy atom. The van der Waals surface area contributed by atoms with Gasteiger partial charge >= 0.3 is 0 Å². The van der Waals surface area contributed by atoms with Crippen LogP contribution in [0.15, 0.2) is 18.2 Å². The lowest BCUT2D eigenvalue weighted by Crippen LogP contribution is -1.96. The first kappa shape index (κ1) is 9.31. The molecule has 3 rings (SSSR count). The number of fused-ring (bicyclic) bond motifs is 1. The molecule has 1 aliphatic carbocycles. The summed E-state index contributed by atoms with van der Waals surface area (Å²) < 4.78 is 14.4. The molecule has 0 unspecified atom stereocenters. The zero-order chi connectivity index (χ0) is 10.4. The predicted molar refractivity (Wildman–Crippen MR) is 61.6 cm³/mol. The van der Waals surface area contributed by atoms with Crippen LogP contribution in [0.1, 0.15) is 29.2 Å². The molecule has 15 heavy (non-hydrogen) atoms. The smallest absolute Gasteiger partial charge is 0.123 e. The normalized spacial score (nSPS) is 16.1. The van der Waals surface area contributed by atoms with Crippen LogP contribution in [0.25, 0.3) is 10.1 Å². The van der Waals surface area contributed by atoms with Crippen molar-refractivity contribution in [1.29, 1.82) is 0 Å². The third kappa shape index (κ3) is 1.46. The van der Waals surface area contributed by atoms with E-state index in [1.165, 1.54) is 34.0 Å². The van der Waals surface area contributed by atoms with Gasteiger partial charge in [-0.3, -0.25) is 0 Å². The van der Waals surface area contributed by atoms with E-state index in [4.69, 9.17) is 5.73 Å². The molecule has 0 spiro atoms. The molecule has 1 heterocycles. The summed E-state index contributed by atoms with van der Waals surface area (Å²) in [6.45, 7) is 0.576. The minimum absolute atomic E-state index is 0.147. The quantitative estimate of drug-likeness (QED) is 0.826. The van der Waals surface area contributed by atoms with Gasteiger partial charge in [0.15, 0.2) is 0 Å². The summed E-state index contributed by atoms with van der Waals surface area (Å²) in [4.78, 5) is 1.23. The highest BCUT2D eigenvalue weighted by Gasteiger charge is 2.29. The molecule has 1 saturated carbocycles. The molecular formula is C12H12FNS. The predicted octanol–water partition coefficient (Wildman–Crippen LogP) is 3.38. The summed E-state index contributed by atoms with van der Waals surface area (Å²) in [5, 5.41) is 1.09. The molecular weight excluding hydrogens is 209 g/mol. The van der Waals surface area contributed by atoms with E-state index in [0.717, 1.165) is 5.39 Å². The van der Waals surface area contributed by atoms with Gasteiger partial charge in [-0.05, 0) is 47.9 Å². The molecule has 0 atom stereocenters. The second-order valence-corrected chi connectivity index (χ2v) is 5.19. The topological polar surface area (TPSA) is 26.0 Å². The number of benzene rings is 1. The van der Waals surface area contributed by atoms with Crippen molar-refractivity contribution in [3.05, 3.63) is 34.5 Å². The average Bonchev–Trinajstić information content (AvgIpc) is 2.99. The van der Waals surface area contributed by atoms with Crippen molar-refractivity contribution in [1.82, 2.24) is 0 Å². The Hall–Kier alpha value is -0.930. The Morgan fingerprint density at radius 3 is 2.87 bits per heavy atom. The number of thiophene rings is 1. The number of hydrogen-bond acceptors (Lipinski definition) is 2. The maximum absolute atomic E-state index is 13.2. The lowest BCUT2D eigenvalue weighted by atomic mass is 10.1. The fourth-order valence-electron chi connectivity index (χ4n) is 2.11. The van der Waals surface area contributed by atoms with E-state index in [-0.39, 0.29) is 5.82 Å². The third-order valence-electron chi connectivity index (χ3n) is 2.94. The van der Waals surface area contributed by atoms with Gasteiger partial charge < -0.3 is 5.73 Å². The minimum Gasteiger partial charge on any atom is -0.326 e. The monoisotopic (exact) mass is 221 g/mol. The minimum atomic E-state index is -0.147. The number of rotatable bonds is 2. The van der Waals surface area contributed by atoms with Crippen molar-refractivity contribution < 1.29 is 4.39 Å². The molecule has 1 fully saturated rings. The molecule has 3 heteroatoms. The van der Waals surface area contributed by atoms with Gasteiger partial charge in [0.1, 0.15) is 5.82 Å². The van der Waals surface area contributed by atoms with Crippen LogP contribution < -0.4 is 5.73 Å². The zero-order valence-electron chi connectivity index (χ0n) is 8.29. The van der Waals surface area contributed by atoms with E-state index in [0.29, 0.717) is 12.5 Å². The fraction of sp³-hybridized carbons (Fsp3) is 0.333. The summed E-state index contributed by atoms with van der Waals surface area (Å²) in [6.07, 6.45) is 2.46. The summed E-state index contributed by atoms with van der Waals surface area (Å²) in [6, 6.07) is 5.04. The first-order valence-electron chi connectivity index (χ1n) is 5.20. The van der Waals surface area contributed by atoms with Gasteiger partial charge in [-0.2, -0.15) is 0 Å². The second-order valence-electron chi connectivity index (χ2n) is 4.06. The molecule has 1 nitrogen and oxygen atoms in total. The molecule has 2 N–H and O–H groups in total. The molecule has 1 aromatic heterocycles. The van der Waals surface area contributed by atoms with Crippen molar-refractivity contribution >= 4 is 21.4 Å². The highest BCUT2D eigenvalue weighted by Crippen LogP contribution is 2.47. The van der Waals surface area contributed by atoms with Gasteiger partial charge in [0, 0.05) is 16.1 Å². The van der Waals surface area contributed by atoms with E-state index in [1.54, 1.807) is 17.4 Å². The van der Waals surface area contributed by atoms with Crippen LogP contribution in [0.3, 0.4) is 0 Å². The van der Waals surface area contributed by atoms with Crippen LogP contribution in [-0.2, 0) is 6.54 Å². The van der Waals surface area contributed by atoms with Crippen molar-refractivity contribution in [3.63, 3.8) is 0 Å². The van der Waals surface area contributed by atoms with Gasteiger partial charge in [-0.1, -0.05) is 0 Å². The first-order valence-corrected chi connectivity index (χ1v) is 6.02. The lowest BCUT2D eigenvalue weighted by molar-refractivity contribution is 0.629. The van der Waals surface area contributed by atoms with Gasteiger partial charge in [0.05, 0.1) is 0 Å². The Bertz CT molecular complexity index is 514. The van der Waals surface area contributed by atoms with Crippen molar-refractivity contribution in [2.45, 2.75) is 25.3 Å². The maximum atomic E-state index is 13.2. The summed E-state index contributed by atoms with van der Waals surface area (Å²) >= 11 is 1.71. The van der Waals surface area contributed by atoms with Crippen LogP contribution >= 0.6 is 11.3 Å². The second kappa shape index (κ2) is 3.29. The standard InChI is InChI=1S/C12H12FNS/c13-8-3-4-10-9(5-8)12(7-1-2-7)11(6-14)15-10/h3-5,7H,1-2,6,14H2. The van der Waals surface area contributed by atoms with Gasteiger partial charge in [-0.25, -0.2) is 4.39 Å². The van der Waals surface area contributed by atoms with Crippen LogP contribution in [0.5, 0.6) is 0 Å². The Kier molecular flexibility index (Phi) is 2.04. The van der Waals surface area contributed by atoms with Crippen molar-refractivity contribution in [3.8, 4) is 0 Å². The molecule has 1 aromatic carbocycles. The van der Waals surface area contributed by atoms with Crippen molar-refractivity contribution in [2.24, 2.45) is 5.73 Å². The molecule has 78 valence electrons.